The van der Waals surface area contributed by atoms with Gasteiger partial charge in [0.15, 0.2) is 0 Å². The highest BCUT2D eigenvalue weighted by Gasteiger charge is 2.27. The van der Waals surface area contributed by atoms with Crippen LogP contribution in [0.1, 0.15) is 25.3 Å². The smallest absolute Gasteiger partial charge is 0.309 e. The molecule has 7 heteroatoms. The number of carbonyl (C=O) groups excluding carboxylic acids is 1. The summed E-state index contributed by atoms with van der Waals surface area (Å²) in [5, 5.41) is 11.5. The molecule has 6 nitrogen and oxygen atoms in total. The minimum Gasteiger partial charge on any atom is -0.507 e. The van der Waals surface area contributed by atoms with E-state index >= 15 is 0 Å². The number of ether oxygens (including phenoxy) is 1. The first-order chi connectivity index (χ1) is 15.0. The zero-order valence-electron chi connectivity index (χ0n) is 17.3. The Balaban J connectivity index is 1.60. The number of likely N-dealkylation sites (tertiary alicyclic amines) is 1. The maximum absolute atomic E-state index is 13.1. The largest absolute Gasteiger partial charge is 0.507 e. The van der Waals surface area contributed by atoms with Crippen LogP contribution < -0.4 is 5.43 Å². The highest BCUT2D eigenvalue weighted by atomic mass is 35.5. The number of benzene rings is 2. The predicted octanol–water partition coefficient (Wildman–Crippen LogP) is 4.59. The molecule has 4 rings (SSSR count). The molecule has 1 aromatic heterocycles. The fourth-order valence-electron chi connectivity index (χ4n) is 4.04. The van der Waals surface area contributed by atoms with Crippen molar-refractivity contribution in [3.8, 4) is 16.9 Å². The summed E-state index contributed by atoms with van der Waals surface area (Å²) in [4.78, 5) is 27.2. The maximum atomic E-state index is 13.1. The maximum Gasteiger partial charge on any atom is 0.309 e. The normalized spacial score (nSPS) is 15.3. The molecule has 162 valence electrons. The zero-order chi connectivity index (χ0) is 22.0. The van der Waals surface area contributed by atoms with Gasteiger partial charge in [-0.1, -0.05) is 23.7 Å². The first kappa shape index (κ1) is 21.4. The third-order valence-corrected chi connectivity index (χ3v) is 6.02. The molecule has 2 aromatic carbocycles. The van der Waals surface area contributed by atoms with Gasteiger partial charge in [0.1, 0.15) is 17.6 Å². The molecule has 0 atom stereocenters. The van der Waals surface area contributed by atoms with Gasteiger partial charge in [-0.25, -0.2) is 0 Å². The quantitative estimate of drug-likeness (QED) is 0.583. The summed E-state index contributed by atoms with van der Waals surface area (Å²) < 4.78 is 11.0. The molecule has 0 bridgehead atoms. The lowest BCUT2D eigenvalue weighted by Crippen LogP contribution is -2.36. The molecule has 3 aromatic rings. The Morgan fingerprint density at radius 1 is 1.19 bits per heavy atom. The summed E-state index contributed by atoms with van der Waals surface area (Å²) in [6.45, 7) is 4.03. The first-order valence-corrected chi connectivity index (χ1v) is 10.8. The van der Waals surface area contributed by atoms with Crippen LogP contribution in [0, 0.1) is 5.92 Å². The lowest BCUT2D eigenvalue weighted by Gasteiger charge is -2.31. The van der Waals surface area contributed by atoms with Crippen LogP contribution in [0.15, 0.2) is 51.9 Å². The zero-order valence-corrected chi connectivity index (χ0v) is 18.0. The van der Waals surface area contributed by atoms with E-state index in [2.05, 4.69) is 4.90 Å². The number of hydrogen-bond acceptors (Lipinski definition) is 6. The Hall–Kier alpha value is -2.83. The van der Waals surface area contributed by atoms with E-state index < -0.39 is 0 Å². The fraction of sp³-hybridized carbons (Fsp3) is 0.333. The van der Waals surface area contributed by atoms with Crippen molar-refractivity contribution in [3.63, 3.8) is 0 Å². The van der Waals surface area contributed by atoms with Crippen molar-refractivity contribution in [3.05, 3.63) is 63.5 Å². The molecular formula is C24H24ClNO5. The van der Waals surface area contributed by atoms with Crippen LogP contribution >= 0.6 is 11.6 Å². The molecule has 1 aliphatic heterocycles. The van der Waals surface area contributed by atoms with Crippen molar-refractivity contribution in [2.45, 2.75) is 26.3 Å². The molecule has 0 unspecified atom stereocenters. The van der Waals surface area contributed by atoms with Crippen LogP contribution in [-0.2, 0) is 16.1 Å². The number of phenols is 1. The molecule has 1 aliphatic rings. The van der Waals surface area contributed by atoms with E-state index in [1.165, 1.54) is 12.3 Å². The van der Waals surface area contributed by atoms with Crippen LogP contribution in [0.25, 0.3) is 22.1 Å². The van der Waals surface area contributed by atoms with E-state index in [9.17, 15) is 14.7 Å². The van der Waals surface area contributed by atoms with Crippen molar-refractivity contribution >= 4 is 28.5 Å². The van der Waals surface area contributed by atoms with Crippen molar-refractivity contribution in [1.29, 1.82) is 0 Å². The third-order valence-electron chi connectivity index (χ3n) is 5.76. The van der Waals surface area contributed by atoms with Gasteiger partial charge in [-0.05, 0) is 62.7 Å². The average molecular weight is 442 g/mol. The van der Waals surface area contributed by atoms with E-state index in [0.717, 1.165) is 5.56 Å². The number of esters is 1. The second-order valence-electron chi connectivity index (χ2n) is 7.73. The van der Waals surface area contributed by atoms with E-state index in [0.29, 0.717) is 66.2 Å². The van der Waals surface area contributed by atoms with Gasteiger partial charge in [0.25, 0.3) is 0 Å². The summed E-state index contributed by atoms with van der Waals surface area (Å²) in [5.41, 5.74) is 1.96. The van der Waals surface area contributed by atoms with Gasteiger partial charge in [0, 0.05) is 11.6 Å². The number of phenolic OH excluding ortho intramolecular Hbond substituents is 1. The summed E-state index contributed by atoms with van der Waals surface area (Å²) >= 11 is 5.95. The molecule has 31 heavy (non-hydrogen) atoms. The summed E-state index contributed by atoms with van der Waals surface area (Å²) in [6, 6.07) is 10.1. The first-order valence-electron chi connectivity index (χ1n) is 10.4. The van der Waals surface area contributed by atoms with Crippen LogP contribution in [0.4, 0.5) is 0 Å². The van der Waals surface area contributed by atoms with Crippen molar-refractivity contribution in [2.75, 3.05) is 19.7 Å². The molecule has 1 fully saturated rings. The number of halogens is 1. The third kappa shape index (κ3) is 4.45. The van der Waals surface area contributed by atoms with Gasteiger partial charge in [0.2, 0.25) is 5.43 Å². The van der Waals surface area contributed by atoms with E-state index in [4.69, 9.17) is 20.8 Å². The Kier molecular flexibility index (Phi) is 6.30. The number of carbonyl (C=O) groups is 1. The molecule has 0 saturated carbocycles. The second-order valence-corrected chi connectivity index (χ2v) is 8.16. The van der Waals surface area contributed by atoms with Gasteiger partial charge in [-0.3, -0.25) is 14.5 Å². The van der Waals surface area contributed by atoms with Crippen LogP contribution in [0.3, 0.4) is 0 Å². The number of nitrogens with zero attached hydrogens (tertiary/aromatic N) is 1. The van der Waals surface area contributed by atoms with E-state index in [1.54, 1.807) is 30.3 Å². The number of fused-ring (bicyclic) bond motifs is 1. The van der Waals surface area contributed by atoms with Gasteiger partial charge in [-0.15, -0.1) is 0 Å². The molecule has 1 N–H and O–H groups in total. The minimum atomic E-state index is -0.161. The van der Waals surface area contributed by atoms with E-state index in [1.807, 2.05) is 6.92 Å². The summed E-state index contributed by atoms with van der Waals surface area (Å²) in [7, 11) is 0. The standard InChI is InChI=1S/C24H24ClNO5/c1-2-30-24(29)16-9-11-26(12-10-16)13-19-21(27)8-7-18-22(28)20(14-31-23(18)19)15-3-5-17(25)6-4-15/h3-8,14,16,27H,2,9-13H2,1H3. The Morgan fingerprint density at radius 3 is 2.58 bits per heavy atom. The molecule has 2 heterocycles. The number of piperidine rings is 1. The Bertz CT molecular complexity index is 1150. The molecule has 1 saturated heterocycles. The Morgan fingerprint density at radius 2 is 1.90 bits per heavy atom. The van der Waals surface area contributed by atoms with E-state index in [-0.39, 0.29) is 23.1 Å². The number of aromatic hydroxyl groups is 1. The van der Waals surface area contributed by atoms with Gasteiger partial charge < -0.3 is 14.3 Å². The number of rotatable bonds is 5. The summed E-state index contributed by atoms with van der Waals surface area (Å²) in [6.07, 6.45) is 2.84. The highest BCUT2D eigenvalue weighted by Crippen LogP contribution is 2.31. The molecule has 0 radical (unpaired) electrons. The van der Waals surface area contributed by atoms with Crippen molar-refractivity contribution in [2.24, 2.45) is 5.92 Å². The van der Waals surface area contributed by atoms with Gasteiger partial charge >= 0.3 is 5.97 Å². The van der Waals surface area contributed by atoms with Crippen LogP contribution in [-0.4, -0.2) is 35.7 Å². The molecule has 0 spiro atoms. The summed E-state index contributed by atoms with van der Waals surface area (Å²) in [5.74, 6) is -0.143. The molecule has 0 aliphatic carbocycles. The van der Waals surface area contributed by atoms with Crippen LogP contribution in [0.5, 0.6) is 5.75 Å². The molecule has 0 amide bonds. The Labute approximate surface area is 185 Å². The number of hydrogen-bond donors (Lipinski definition) is 1. The predicted molar refractivity (Wildman–Crippen MR) is 119 cm³/mol. The topological polar surface area (TPSA) is 80.0 Å². The van der Waals surface area contributed by atoms with Crippen molar-refractivity contribution < 1.29 is 19.1 Å². The van der Waals surface area contributed by atoms with Crippen molar-refractivity contribution in [1.82, 2.24) is 4.90 Å². The lowest BCUT2D eigenvalue weighted by atomic mass is 9.96. The SMILES string of the molecule is CCOC(=O)C1CCN(Cc2c(O)ccc3c(=O)c(-c4ccc(Cl)cc4)coc23)CC1. The fourth-order valence-corrected chi connectivity index (χ4v) is 4.17. The highest BCUT2D eigenvalue weighted by molar-refractivity contribution is 6.30. The molecular weight excluding hydrogens is 418 g/mol. The van der Waals surface area contributed by atoms with Crippen LogP contribution in [0.2, 0.25) is 5.02 Å². The monoisotopic (exact) mass is 441 g/mol. The second kappa shape index (κ2) is 9.12. The van der Waals surface area contributed by atoms with Gasteiger partial charge in [0.05, 0.1) is 29.0 Å². The lowest BCUT2D eigenvalue weighted by molar-refractivity contribution is -0.149. The van der Waals surface area contributed by atoms with Gasteiger partial charge in [-0.2, -0.15) is 0 Å². The minimum absolute atomic E-state index is 0.0856. The average Bonchev–Trinajstić information content (AvgIpc) is 2.77.